The van der Waals surface area contributed by atoms with Crippen molar-refractivity contribution < 1.29 is 23.1 Å². The molecule has 1 aliphatic rings. The van der Waals surface area contributed by atoms with Crippen molar-refractivity contribution >= 4 is 5.91 Å². The van der Waals surface area contributed by atoms with Crippen molar-refractivity contribution in [1.82, 2.24) is 4.90 Å². The third-order valence-electron chi connectivity index (χ3n) is 4.14. The molecule has 3 nitrogen and oxygen atoms in total. The molecule has 6 heteroatoms. The van der Waals surface area contributed by atoms with Crippen LogP contribution in [0.25, 0.3) is 0 Å². The fourth-order valence-electron chi connectivity index (χ4n) is 2.85. The zero-order valence-electron chi connectivity index (χ0n) is 12.8. The van der Waals surface area contributed by atoms with Crippen LogP contribution in [0.5, 0.6) is 5.75 Å². The molecule has 0 radical (unpaired) electrons. The maximum absolute atomic E-state index is 12.5. The Morgan fingerprint density at radius 3 is 2.38 bits per heavy atom. The largest absolute Gasteiger partial charge is 0.508 e. The standard InChI is InChI=1S/C18H16F3NO2/c19-18(20,21)15-6-4-12(5-7-15)8-13-10-22(11-13)17(24)14-2-1-3-16(23)9-14/h1-7,9,13,23H,8,10-11H2. The first-order valence-electron chi connectivity index (χ1n) is 7.57. The van der Waals surface area contributed by atoms with Crippen molar-refractivity contribution in [1.29, 1.82) is 0 Å². The van der Waals surface area contributed by atoms with E-state index in [0.29, 0.717) is 25.1 Å². The van der Waals surface area contributed by atoms with Crippen LogP contribution >= 0.6 is 0 Å². The zero-order valence-corrected chi connectivity index (χ0v) is 12.8. The summed E-state index contributed by atoms with van der Waals surface area (Å²) >= 11 is 0. The molecule has 0 bridgehead atoms. The van der Waals surface area contributed by atoms with Crippen molar-refractivity contribution in [3.63, 3.8) is 0 Å². The normalized spacial score (nSPS) is 15.2. The first-order chi connectivity index (χ1) is 11.3. The van der Waals surface area contributed by atoms with Crippen LogP contribution in [0, 0.1) is 5.92 Å². The molecule has 0 atom stereocenters. The summed E-state index contributed by atoms with van der Waals surface area (Å²) < 4.78 is 37.6. The number of phenols is 1. The van der Waals surface area contributed by atoms with Gasteiger partial charge in [0.25, 0.3) is 5.91 Å². The molecule has 1 fully saturated rings. The van der Waals surface area contributed by atoms with Gasteiger partial charge in [-0.2, -0.15) is 13.2 Å². The SMILES string of the molecule is O=C(c1cccc(O)c1)N1CC(Cc2ccc(C(F)(F)F)cc2)C1. The first kappa shape index (κ1) is 16.4. The van der Waals surface area contributed by atoms with Crippen molar-refractivity contribution in [2.75, 3.05) is 13.1 Å². The van der Waals surface area contributed by atoms with E-state index in [1.165, 1.54) is 24.3 Å². The van der Waals surface area contributed by atoms with Crippen LogP contribution in [-0.4, -0.2) is 29.0 Å². The second kappa shape index (κ2) is 6.19. The van der Waals surface area contributed by atoms with E-state index in [4.69, 9.17) is 0 Å². The van der Waals surface area contributed by atoms with E-state index in [-0.39, 0.29) is 17.6 Å². The Labute approximate surface area is 137 Å². The van der Waals surface area contributed by atoms with E-state index < -0.39 is 11.7 Å². The number of likely N-dealkylation sites (tertiary alicyclic amines) is 1. The number of rotatable bonds is 3. The lowest BCUT2D eigenvalue weighted by molar-refractivity contribution is -0.137. The van der Waals surface area contributed by atoms with Crippen molar-refractivity contribution in [2.45, 2.75) is 12.6 Å². The molecule has 1 saturated heterocycles. The number of benzene rings is 2. The quantitative estimate of drug-likeness (QED) is 0.929. The second-order valence-electron chi connectivity index (χ2n) is 6.03. The molecule has 3 rings (SSSR count). The Hall–Kier alpha value is -2.50. The van der Waals surface area contributed by atoms with E-state index in [1.807, 2.05) is 0 Å². The Kier molecular flexibility index (Phi) is 4.22. The highest BCUT2D eigenvalue weighted by molar-refractivity contribution is 5.95. The average Bonchev–Trinajstić information content (AvgIpc) is 2.49. The molecule has 1 amide bonds. The molecule has 0 aliphatic carbocycles. The number of hydrogen-bond acceptors (Lipinski definition) is 2. The summed E-state index contributed by atoms with van der Waals surface area (Å²) in [6.45, 7) is 1.13. The van der Waals surface area contributed by atoms with Crippen LogP contribution in [0.15, 0.2) is 48.5 Å². The van der Waals surface area contributed by atoms with Gasteiger partial charge < -0.3 is 10.0 Å². The molecule has 1 N–H and O–H groups in total. The lowest BCUT2D eigenvalue weighted by atomic mass is 9.91. The second-order valence-corrected chi connectivity index (χ2v) is 6.03. The third kappa shape index (κ3) is 3.53. The van der Waals surface area contributed by atoms with Crippen molar-refractivity contribution in [2.24, 2.45) is 5.92 Å². The maximum atomic E-state index is 12.5. The van der Waals surface area contributed by atoms with Gasteiger partial charge in [-0.05, 0) is 48.2 Å². The average molecular weight is 335 g/mol. The van der Waals surface area contributed by atoms with Crippen molar-refractivity contribution in [3.8, 4) is 5.75 Å². The number of amides is 1. The van der Waals surface area contributed by atoms with Gasteiger partial charge in [0.15, 0.2) is 0 Å². The van der Waals surface area contributed by atoms with Gasteiger partial charge in [-0.3, -0.25) is 4.79 Å². The van der Waals surface area contributed by atoms with E-state index in [9.17, 15) is 23.1 Å². The summed E-state index contributed by atoms with van der Waals surface area (Å²) in [4.78, 5) is 13.9. The summed E-state index contributed by atoms with van der Waals surface area (Å²) in [7, 11) is 0. The molecular weight excluding hydrogens is 319 g/mol. The number of hydrogen-bond donors (Lipinski definition) is 1. The summed E-state index contributed by atoms with van der Waals surface area (Å²) in [5.74, 6) is 0.139. The van der Waals surface area contributed by atoms with Gasteiger partial charge in [-0.1, -0.05) is 18.2 Å². The van der Waals surface area contributed by atoms with E-state index in [1.54, 1.807) is 17.0 Å². The minimum absolute atomic E-state index is 0.0441. The molecule has 1 heterocycles. The number of carbonyl (C=O) groups is 1. The number of nitrogens with zero attached hydrogens (tertiary/aromatic N) is 1. The van der Waals surface area contributed by atoms with Gasteiger partial charge in [-0.15, -0.1) is 0 Å². The van der Waals surface area contributed by atoms with Gasteiger partial charge in [0.1, 0.15) is 5.75 Å². The Balaban J connectivity index is 1.54. The highest BCUT2D eigenvalue weighted by Gasteiger charge is 2.32. The van der Waals surface area contributed by atoms with Crippen LogP contribution in [0.4, 0.5) is 13.2 Å². The number of alkyl halides is 3. The Bertz CT molecular complexity index is 735. The third-order valence-corrected chi connectivity index (χ3v) is 4.14. The van der Waals surface area contributed by atoms with E-state index in [0.717, 1.165) is 17.7 Å². The number of halogens is 3. The van der Waals surface area contributed by atoms with Gasteiger partial charge in [-0.25, -0.2) is 0 Å². The number of carbonyl (C=O) groups excluding carboxylic acids is 1. The molecule has 0 spiro atoms. The number of aromatic hydroxyl groups is 1. The lowest BCUT2D eigenvalue weighted by Gasteiger charge is -2.39. The van der Waals surface area contributed by atoms with Crippen molar-refractivity contribution in [3.05, 3.63) is 65.2 Å². The molecule has 0 aromatic heterocycles. The van der Waals surface area contributed by atoms with Gasteiger partial charge in [0.05, 0.1) is 5.56 Å². The minimum atomic E-state index is -4.32. The van der Waals surface area contributed by atoms with E-state index in [2.05, 4.69) is 0 Å². The summed E-state index contributed by atoms with van der Waals surface area (Å²) in [5, 5.41) is 9.41. The van der Waals surface area contributed by atoms with Crippen LogP contribution in [-0.2, 0) is 12.6 Å². The predicted molar refractivity (Wildman–Crippen MR) is 82.6 cm³/mol. The summed E-state index contributed by atoms with van der Waals surface area (Å²) in [5.41, 5.74) is 0.612. The molecule has 126 valence electrons. The Morgan fingerprint density at radius 1 is 1.12 bits per heavy atom. The molecule has 24 heavy (non-hydrogen) atoms. The monoisotopic (exact) mass is 335 g/mol. The van der Waals surface area contributed by atoms with Gasteiger partial charge in [0.2, 0.25) is 0 Å². The predicted octanol–water partition coefficient (Wildman–Crippen LogP) is 3.73. The lowest BCUT2D eigenvalue weighted by Crippen LogP contribution is -2.50. The van der Waals surface area contributed by atoms with Gasteiger partial charge in [0, 0.05) is 18.7 Å². The molecule has 1 aliphatic heterocycles. The maximum Gasteiger partial charge on any atom is 0.416 e. The minimum Gasteiger partial charge on any atom is -0.508 e. The van der Waals surface area contributed by atoms with Gasteiger partial charge >= 0.3 is 6.18 Å². The van der Waals surface area contributed by atoms with Crippen LogP contribution in [0.3, 0.4) is 0 Å². The molecule has 0 unspecified atom stereocenters. The fraction of sp³-hybridized carbons (Fsp3) is 0.278. The molecule has 0 saturated carbocycles. The molecule has 2 aromatic rings. The molecular formula is C18H16F3NO2. The Morgan fingerprint density at radius 2 is 1.79 bits per heavy atom. The topological polar surface area (TPSA) is 40.5 Å². The van der Waals surface area contributed by atoms with Crippen LogP contribution < -0.4 is 0 Å². The smallest absolute Gasteiger partial charge is 0.416 e. The summed E-state index contributed by atoms with van der Waals surface area (Å²) in [6.07, 6.45) is -3.68. The molecule has 2 aromatic carbocycles. The zero-order chi connectivity index (χ0) is 17.3. The van der Waals surface area contributed by atoms with Crippen LogP contribution in [0.1, 0.15) is 21.5 Å². The summed E-state index contributed by atoms with van der Waals surface area (Å²) in [6, 6.07) is 11.3. The number of phenolic OH excluding ortho intramolecular Hbond substituents is 1. The highest BCUT2D eigenvalue weighted by Crippen LogP contribution is 2.30. The van der Waals surface area contributed by atoms with Crippen LogP contribution in [0.2, 0.25) is 0 Å². The fourth-order valence-corrected chi connectivity index (χ4v) is 2.85. The van der Waals surface area contributed by atoms with E-state index >= 15 is 0 Å². The highest BCUT2D eigenvalue weighted by atomic mass is 19.4. The first-order valence-corrected chi connectivity index (χ1v) is 7.57.